The monoisotopic (exact) mass is 241 g/mol. The summed E-state index contributed by atoms with van der Waals surface area (Å²) in [6.07, 6.45) is 0. The summed E-state index contributed by atoms with van der Waals surface area (Å²) >= 11 is 0. The maximum atomic E-state index is 5.68. The number of rotatable bonds is 4. The Labute approximate surface area is 108 Å². The molecule has 0 aliphatic carbocycles. The van der Waals surface area contributed by atoms with Crippen LogP contribution in [0.15, 0.2) is 42.5 Å². The summed E-state index contributed by atoms with van der Waals surface area (Å²) in [6.45, 7) is 3.83. The molecule has 0 aliphatic rings. The number of benzene rings is 1. The maximum Gasteiger partial charge on any atom is 0.123 e. The molecule has 0 saturated carbocycles. The smallest absolute Gasteiger partial charge is 0.123 e. The Bertz CT molecular complexity index is 475. The van der Waals surface area contributed by atoms with Gasteiger partial charge in [0.15, 0.2) is 0 Å². The van der Waals surface area contributed by atoms with Crippen LogP contribution in [0, 0.1) is 6.92 Å². The molecule has 0 aliphatic heterocycles. The Kier molecular flexibility index (Phi) is 3.95. The van der Waals surface area contributed by atoms with E-state index in [1.165, 1.54) is 11.1 Å². The van der Waals surface area contributed by atoms with E-state index in [4.69, 9.17) is 5.73 Å². The van der Waals surface area contributed by atoms with Gasteiger partial charge < -0.3 is 5.73 Å². The van der Waals surface area contributed by atoms with Crippen LogP contribution in [0.25, 0.3) is 0 Å². The van der Waals surface area contributed by atoms with Gasteiger partial charge in [-0.25, -0.2) is 4.98 Å². The van der Waals surface area contributed by atoms with Gasteiger partial charge in [0.2, 0.25) is 0 Å². The molecule has 0 atom stereocenters. The second-order valence-electron chi connectivity index (χ2n) is 4.72. The first-order chi connectivity index (χ1) is 8.63. The molecular formula is C15H19N3. The molecule has 0 saturated heterocycles. The number of pyridine rings is 1. The van der Waals surface area contributed by atoms with Gasteiger partial charge in [0.1, 0.15) is 5.82 Å². The molecule has 0 bridgehead atoms. The van der Waals surface area contributed by atoms with Crippen molar-refractivity contribution in [3.05, 3.63) is 59.3 Å². The fourth-order valence-corrected chi connectivity index (χ4v) is 2.04. The van der Waals surface area contributed by atoms with E-state index >= 15 is 0 Å². The van der Waals surface area contributed by atoms with E-state index in [0.29, 0.717) is 5.82 Å². The van der Waals surface area contributed by atoms with E-state index in [1.54, 1.807) is 0 Å². The first kappa shape index (κ1) is 12.6. The number of hydrogen-bond donors (Lipinski definition) is 1. The third kappa shape index (κ3) is 3.57. The van der Waals surface area contributed by atoms with Crippen molar-refractivity contribution in [2.24, 2.45) is 0 Å². The molecule has 94 valence electrons. The summed E-state index contributed by atoms with van der Waals surface area (Å²) < 4.78 is 0. The molecule has 0 unspecified atom stereocenters. The SMILES string of the molecule is Cc1cccc(CN(C)Cc2cccc(N)n2)c1. The van der Waals surface area contributed by atoms with Gasteiger partial charge in [-0.1, -0.05) is 35.9 Å². The van der Waals surface area contributed by atoms with Crippen molar-refractivity contribution in [2.75, 3.05) is 12.8 Å². The standard InChI is InChI=1S/C15H19N3/c1-12-5-3-6-13(9-12)10-18(2)11-14-7-4-8-15(16)17-14/h3-9H,10-11H2,1-2H3,(H2,16,17). The number of anilines is 1. The molecule has 1 aromatic heterocycles. The van der Waals surface area contributed by atoms with Crippen LogP contribution in [-0.2, 0) is 13.1 Å². The molecule has 1 heterocycles. The molecule has 0 fully saturated rings. The molecule has 2 N–H and O–H groups in total. The second-order valence-corrected chi connectivity index (χ2v) is 4.72. The van der Waals surface area contributed by atoms with Crippen molar-refractivity contribution >= 4 is 5.82 Å². The highest BCUT2D eigenvalue weighted by molar-refractivity contribution is 5.28. The van der Waals surface area contributed by atoms with E-state index in [2.05, 4.69) is 48.1 Å². The van der Waals surface area contributed by atoms with Crippen LogP contribution in [0.3, 0.4) is 0 Å². The number of nitrogen functional groups attached to an aromatic ring is 1. The van der Waals surface area contributed by atoms with Gasteiger partial charge >= 0.3 is 0 Å². The predicted octanol–water partition coefficient (Wildman–Crippen LogP) is 2.60. The van der Waals surface area contributed by atoms with Gasteiger partial charge in [-0.2, -0.15) is 0 Å². The van der Waals surface area contributed by atoms with Crippen LogP contribution in [0.1, 0.15) is 16.8 Å². The van der Waals surface area contributed by atoms with Crippen molar-refractivity contribution in [3.63, 3.8) is 0 Å². The Morgan fingerprint density at radius 3 is 2.61 bits per heavy atom. The molecule has 3 heteroatoms. The van der Waals surface area contributed by atoms with Crippen molar-refractivity contribution in [3.8, 4) is 0 Å². The zero-order chi connectivity index (χ0) is 13.0. The Morgan fingerprint density at radius 2 is 1.89 bits per heavy atom. The fraction of sp³-hybridized carbons (Fsp3) is 0.267. The van der Waals surface area contributed by atoms with E-state index in [-0.39, 0.29) is 0 Å². The highest BCUT2D eigenvalue weighted by atomic mass is 15.1. The minimum atomic E-state index is 0.580. The summed E-state index contributed by atoms with van der Waals surface area (Å²) in [7, 11) is 2.09. The summed E-state index contributed by atoms with van der Waals surface area (Å²) in [6, 6.07) is 14.3. The molecule has 2 aromatic rings. The van der Waals surface area contributed by atoms with Gasteiger partial charge in [-0.3, -0.25) is 4.90 Å². The van der Waals surface area contributed by atoms with Crippen molar-refractivity contribution in [1.29, 1.82) is 0 Å². The number of nitrogens with zero attached hydrogens (tertiary/aromatic N) is 2. The normalized spacial score (nSPS) is 10.8. The van der Waals surface area contributed by atoms with Crippen molar-refractivity contribution < 1.29 is 0 Å². The zero-order valence-corrected chi connectivity index (χ0v) is 10.9. The van der Waals surface area contributed by atoms with Crippen molar-refractivity contribution in [2.45, 2.75) is 20.0 Å². The lowest BCUT2D eigenvalue weighted by Gasteiger charge is -2.16. The maximum absolute atomic E-state index is 5.68. The van der Waals surface area contributed by atoms with Crippen LogP contribution in [0.4, 0.5) is 5.82 Å². The summed E-state index contributed by atoms with van der Waals surface area (Å²) in [5.74, 6) is 0.580. The lowest BCUT2D eigenvalue weighted by molar-refractivity contribution is 0.315. The zero-order valence-electron chi connectivity index (χ0n) is 10.9. The van der Waals surface area contributed by atoms with E-state index in [0.717, 1.165) is 18.8 Å². The number of nitrogens with two attached hydrogens (primary N) is 1. The Balaban J connectivity index is 1.98. The molecular weight excluding hydrogens is 222 g/mol. The summed E-state index contributed by atoms with van der Waals surface area (Å²) in [4.78, 5) is 6.54. The molecule has 1 aromatic carbocycles. The van der Waals surface area contributed by atoms with Gasteiger partial charge in [-0.05, 0) is 31.7 Å². The number of hydrogen-bond acceptors (Lipinski definition) is 3. The fourth-order valence-electron chi connectivity index (χ4n) is 2.04. The first-order valence-corrected chi connectivity index (χ1v) is 6.09. The molecule has 0 amide bonds. The molecule has 2 rings (SSSR count). The summed E-state index contributed by atoms with van der Waals surface area (Å²) in [5.41, 5.74) is 9.30. The molecule has 0 radical (unpaired) electrons. The highest BCUT2D eigenvalue weighted by Gasteiger charge is 2.03. The summed E-state index contributed by atoms with van der Waals surface area (Å²) in [5, 5.41) is 0. The van der Waals surface area contributed by atoms with Gasteiger partial charge in [0.05, 0.1) is 5.69 Å². The van der Waals surface area contributed by atoms with Crippen LogP contribution >= 0.6 is 0 Å². The number of aryl methyl sites for hydroxylation is 1. The van der Waals surface area contributed by atoms with Crippen LogP contribution < -0.4 is 5.73 Å². The quantitative estimate of drug-likeness (QED) is 0.894. The van der Waals surface area contributed by atoms with Crippen LogP contribution in [-0.4, -0.2) is 16.9 Å². The highest BCUT2D eigenvalue weighted by Crippen LogP contribution is 2.09. The average Bonchev–Trinajstić information content (AvgIpc) is 2.28. The molecule has 18 heavy (non-hydrogen) atoms. The number of aromatic nitrogens is 1. The second kappa shape index (κ2) is 5.65. The lowest BCUT2D eigenvalue weighted by Crippen LogP contribution is -2.18. The minimum absolute atomic E-state index is 0.580. The minimum Gasteiger partial charge on any atom is -0.384 e. The predicted molar refractivity (Wildman–Crippen MR) is 75.0 cm³/mol. The van der Waals surface area contributed by atoms with Gasteiger partial charge in [-0.15, -0.1) is 0 Å². The Morgan fingerprint density at radius 1 is 1.11 bits per heavy atom. The van der Waals surface area contributed by atoms with Gasteiger partial charge in [0, 0.05) is 13.1 Å². The largest absolute Gasteiger partial charge is 0.384 e. The average molecular weight is 241 g/mol. The van der Waals surface area contributed by atoms with Crippen LogP contribution in [0.5, 0.6) is 0 Å². The lowest BCUT2D eigenvalue weighted by atomic mass is 10.1. The van der Waals surface area contributed by atoms with Crippen LogP contribution in [0.2, 0.25) is 0 Å². The molecule has 0 spiro atoms. The first-order valence-electron chi connectivity index (χ1n) is 6.09. The van der Waals surface area contributed by atoms with E-state index in [9.17, 15) is 0 Å². The van der Waals surface area contributed by atoms with Gasteiger partial charge in [0.25, 0.3) is 0 Å². The van der Waals surface area contributed by atoms with E-state index < -0.39 is 0 Å². The van der Waals surface area contributed by atoms with E-state index in [1.807, 2.05) is 18.2 Å². The van der Waals surface area contributed by atoms with Crippen molar-refractivity contribution in [1.82, 2.24) is 9.88 Å². The third-order valence-corrected chi connectivity index (χ3v) is 2.80. The Hall–Kier alpha value is -1.87. The third-order valence-electron chi connectivity index (χ3n) is 2.80. The topological polar surface area (TPSA) is 42.1 Å². The molecule has 3 nitrogen and oxygen atoms in total.